The number of nitrogens with zero attached hydrogens (tertiary/aromatic N) is 2. The van der Waals surface area contributed by atoms with Crippen molar-refractivity contribution in [3.63, 3.8) is 0 Å². The molecule has 0 atom stereocenters. The number of carbonyl (C=O) groups is 1. The van der Waals surface area contributed by atoms with Crippen LogP contribution in [-0.4, -0.2) is 15.8 Å². The summed E-state index contributed by atoms with van der Waals surface area (Å²) in [5.74, 6) is -0.743. The number of halogens is 3. The zero-order valence-corrected chi connectivity index (χ0v) is 10.0. The van der Waals surface area contributed by atoms with Crippen molar-refractivity contribution >= 4 is 5.91 Å². The molecule has 0 spiro atoms. The smallest absolute Gasteiger partial charge is 0.416 e. The summed E-state index contributed by atoms with van der Waals surface area (Å²) in [6.45, 7) is 0. The molecule has 0 saturated carbocycles. The number of pyridine rings is 1. The van der Waals surface area contributed by atoms with E-state index in [9.17, 15) is 23.2 Å². The molecule has 0 radical (unpaired) electrons. The van der Waals surface area contributed by atoms with Crippen LogP contribution in [0.25, 0.3) is 0 Å². The molecule has 0 aliphatic carbocycles. The van der Waals surface area contributed by atoms with Crippen LogP contribution in [0.4, 0.5) is 13.2 Å². The predicted molar refractivity (Wildman–Crippen MR) is 63.0 cm³/mol. The highest BCUT2D eigenvalue weighted by Gasteiger charge is 2.30. The summed E-state index contributed by atoms with van der Waals surface area (Å²) in [6.07, 6.45) is -3.18. The van der Waals surface area contributed by atoms with Crippen molar-refractivity contribution in [1.29, 1.82) is 0 Å². The summed E-state index contributed by atoms with van der Waals surface area (Å²) in [5.41, 5.74) is -0.856. The molecule has 1 heterocycles. The minimum Gasteiger partial charge on any atom is -0.427 e. The van der Waals surface area contributed by atoms with Crippen molar-refractivity contribution in [3.05, 3.63) is 65.3 Å². The first-order valence-corrected chi connectivity index (χ1v) is 5.51. The lowest BCUT2D eigenvalue weighted by Gasteiger charge is -2.06. The standard InChI is InChI=1S/C13H9F3N2O2/c14-13(15,16)10-6-4-9(5-7-10)12(19)17-11-3-1-2-8-18(11)20/h1-8,20H. The molecule has 0 aliphatic rings. The normalized spacial score (nSPS) is 12.4. The quantitative estimate of drug-likeness (QED) is 0.817. The third kappa shape index (κ3) is 3.05. The van der Waals surface area contributed by atoms with Gasteiger partial charge in [0.25, 0.3) is 5.91 Å². The first-order chi connectivity index (χ1) is 9.38. The van der Waals surface area contributed by atoms with E-state index in [0.717, 1.165) is 24.3 Å². The first-order valence-electron chi connectivity index (χ1n) is 5.51. The van der Waals surface area contributed by atoms with Gasteiger partial charge in [0.15, 0.2) is 5.49 Å². The third-order valence-electron chi connectivity index (χ3n) is 2.49. The summed E-state index contributed by atoms with van der Waals surface area (Å²) in [6, 6.07) is 8.18. The van der Waals surface area contributed by atoms with E-state index >= 15 is 0 Å². The fraction of sp³-hybridized carbons (Fsp3) is 0.0769. The Hall–Kier alpha value is -2.57. The summed E-state index contributed by atoms with van der Waals surface area (Å²) >= 11 is 0. The molecular weight excluding hydrogens is 273 g/mol. The number of carbonyl (C=O) groups excluding carboxylic acids is 1. The second kappa shape index (κ2) is 5.20. The van der Waals surface area contributed by atoms with Crippen LogP contribution in [-0.2, 0) is 6.18 Å². The number of hydrogen-bond acceptors (Lipinski definition) is 2. The molecule has 0 fully saturated rings. The van der Waals surface area contributed by atoms with Gasteiger partial charge < -0.3 is 5.21 Å². The van der Waals surface area contributed by atoms with Gasteiger partial charge in [0.05, 0.1) is 5.56 Å². The molecule has 104 valence electrons. The van der Waals surface area contributed by atoms with Crippen LogP contribution in [0.15, 0.2) is 53.7 Å². The molecule has 0 saturated heterocycles. The van der Waals surface area contributed by atoms with Crippen LogP contribution in [0.3, 0.4) is 0 Å². The van der Waals surface area contributed by atoms with Gasteiger partial charge in [0.2, 0.25) is 0 Å². The molecule has 2 rings (SSSR count). The zero-order valence-electron chi connectivity index (χ0n) is 10.0. The number of benzene rings is 1. The minimum absolute atomic E-state index is 0.00172. The monoisotopic (exact) mass is 282 g/mol. The Morgan fingerprint density at radius 2 is 1.75 bits per heavy atom. The van der Waals surface area contributed by atoms with Gasteiger partial charge in [-0.3, -0.25) is 4.79 Å². The Balaban J connectivity index is 2.32. The Bertz CT molecular complexity index is 688. The van der Waals surface area contributed by atoms with Gasteiger partial charge in [0, 0.05) is 11.8 Å². The highest BCUT2D eigenvalue weighted by Crippen LogP contribution is 2.29. The molecule has 7 heteroatoms. The maximum atomic E-state index is 12.4. The zero-order chi connectivity index (χ0) is 14.8. The summed E-state index contributed by atoms with van der Waals surface area (Å²) < 4.78 is 37.8. The van der Waals surface area contributed by atoms with Crippen LogP contribution >= 0.6 is 0 Å². The number of amides is 1. The Morgan fingerprint density at radius 1 is 1.10 bits per heavy atom. The highest BCUT2D eigenvalue weighted by molar-refractivity contribution is 5.94. The van der Waals surface area contributed by atoms with E-state index in [1.165, 1.54) is 18.3 Å². The maximum Gasteiger partial charge on any atom is 0.416 e. The van der Waals surface area contributed by atoms with Crippen molar-refractivity contribution in [2.24, 2.45) is 4.99 Å². The molecule has 1 N–H and O–H groups in total. The van der Waals surface area contributed by atoms with Gasteiger partial charge in [-0.2, -0.15) is 22.9 Å². The number of alkyl halides is 3. The minimum atomic E-state index is -4.45. The van der Waals surface area contributed by atoms with Crippen LogP contribution in [0.5, 0.6) is 0 Å². The second-order valence-electron chi connectivity index (χ2n) is 3.90. The SMILES string of the molecule is O=C(N=c1ccccn1O)c1ccc(C(F)(F)F)cc1. The average molecular weight is 282 g/mol. The van der Waals surface area contributed by atoms with E-state index in [1.807, 2.05) is 0 Å². The Morgan fingerprint density at radius 3 is 2.30 bits per heavy atom. The second-order valence-corrected chi connectivity index (χ2v) is 3.90. The molecule has 0 unspecified atom stereocenters. The van der Waals surface area contributed by atoms with Crippen molar-refractivity contribution in [2.75, 3.05) is 0 Å². The fourth-order valence-electron chi connectivity index (χ4n) is 1.48. The van der Waals surface area contributed by atoms with E-state index in [0.29, 0.717) is 4.73 Å². The van der Waals surface area contributed by atoms with Crippen molar-refractivity contribution in [3.8, 4) is 0 Å². The molecule has 20 heavy (non-hydrogen) atoms. The van der Waals surface area contributed by atoms with E-state index < -0.39 is 17.6 Å². The summed E-state index contributed by atoms with van der Waals surface area (Å²) in [7, 11) is 0. The van der Waals surface area contributed by atoms with E-state index in [1.54, 1.807) is 6.07 Å². The summed E-state index contributed by atoms with van der Waals surface area (Å²) in [4.78, 5) is 15.4. The lowest BCUT2D eigenvalue weighted by molar-refractivity contribution is -0.137. The van der Waals surface area contributed by atoms with Crippen LogP contribution in [0, 0.1) is 0 Å². The average Bonchev–Trinajstić information content (AvgIpc) is 2.40. The van der Waals surface area contributed by atoms with Crippen molar-refractivity contribution in [2.45, 2.75) is 6.18 Å². The Labute approximate surface area is 111 Å². The van der Waals surface area contributed by atoms with E-state index in [-0.39, 0.29) is 11.1 Å². The van der Waals surface area contributed by atoms with Crippen LogP contribution in [0.2, 0.25) is 0 Å². The summed E-state index contributed by atoms with van der Waals surface area (Å²) in [5, 5.41) is 9.38. The fourth-order valence-corrected chi connectivity index (χ4v) is 1.48. The first kappa shape index (κ1) is 13.9. The van der Waals surface area contributed by atoms with Gasteiger partial charge in [-0.15, -0.1) is 0 Å². The van der Waals surface area contributed by atoms with Crippen LogP contribution in [0.1, 0.15) is 15.9 Å². The van der Waals surface area contributed by atoms with Gasteiger partial charge in [-0.05, 0) is 36.4 Å². The number of aromatic nitrogens is 1. The third-order valence-corrected chi connectivity index (χ3v) is 2.49. The van der Waals surface area contributed by atoms with Gasteiger partial charge in [0.1, 0.15) is 0 Å². The van der Waals surface area contributed by atoms with Gasteiger partial charge >= 0.3 is 6.18 Å². The maximum absolute atomic E-state index is 12.4. The predicted octanol–water partition coefficient (Wildman–Crippen LogP) is 2.49. The lowest BCUT2D eigenvalue weighted by Crippen LogP contribution is -2.19. The van der Waals surface area contributed by atoms with Crippen molar-refractivity contribution in [1.82, 2.24) is 4.73 Å². The highest BCUT2D eigenvalue weighted by atomic mass is 19.4. The van der Waals surface area contributed by atoms with Crippen LogP contribution < -0.4 is 5.49 Å². The molecule has 1 aromatic heterocycles. The van der Waals surface area contributed by atoms with E-state index in [2.05, 4.69) is 4.99 Å². The van der Waals surface area contributed by atoms with Gasteiger partial charge in [-0.1, -0.05) is 6.07 Å². The number of rotatable bonds is 1. The topological polar surface area (TPSA) is 54.6 Å². The molecule has 2 aromatic rings. The molecular formula is C13H9F3N2O2. The van der Waals surface area contributed by atoms with E-state index in [4.69, 9.17) is 0 Å². The molecule has 4 nitrogen and oxygen atoms in total. The molecule has 0 aliphatic heterocycles. The molecule has 1 amide bonds. The Kier molecular flexibility index (Phi) is 3.60. The van der Waals surface area contributed by atoms with Crippen molar-refractivity contribution < 1.29 is 23.2 Å². The lowest BCUT2D eigenvalue weighted by atomic mass is 10.1. The molecule has 1 aromatic carbocycles. The number of hydrogen-bond donors (Lipinski definition) is 1. The van der Waals surface area contributed by atoms with Gasteiger partial charge in [-0.25, -0.2) is 0 Å². The largest absolute Gasteiger partial charge is 0.427 e. The molecule has 0 bridgehead atoms.